The molecular weight excluding hydrogens is 447 g/mol. The molecule has 180 valence electrons. The third kappa shape index (κ3) is 6.03. The van der Waals surface area contributed by atoms with Gasteiger partial charge in [0.2, 0.25) is 0 Å². The van der Waals surface area contributed by atoms with E-state index in [4.69, 9.17) is 23.4 Å². The number of benzene rings is 2. The van der Waals surface area contributed by atoms with E-state index in [1.807, 2.05) is 30.3 Å². The number of hydrogen-bond acceptors (Lipinski definition) is 5. The molecule has 0 fully saturated rings. The van der Waals surface area contributed by atoms with Crippen molar-refractivity contribution >= 4 is 19.8 Å². The van der Waals surface area contributed by atoms with Crippen molar-refractivity contribution < 1.29 is 23.4 Å². The Balaban J connectivity index is 1.91. The molecule has 0 spiro atoms. The van der Waals surface area contributed by atoms with E-state index < -0.39 is 0 Å². The summed E-state index contributed by atoms with van der Waals surface area (Å²) in [4.78, 5) is 0.854. The summed E-state index contributed by atoms with van der Waals surface area (Å²) in [5.74, 6) is 2.66. The van der Waals surface area contributed by atoms with E-state index in [0.717, 1.165) is 34.3 Å². The van der Waals surface area contributed by atoms with Gasteiger partial charge in [0.15, 0.2) is 11.5 Å². The van der Waals surface area contributed by atoms with Gasteiger partial charge in [-0.1, -0.05) is 23.3 Å². The zero-order chi connectivity index (χ0) is 24.7. The van der Waals surface area contributed by atoms with Gasteiger partial charge in [0.1, 0.15) is 23.7 Å². The number of fused-ring (bicyclic) bond motifs is 1. The molecule has 0 aliphatic heterocycles. The number of allylic oxidation sites excluding steroid dienone is 3. The van der Waals surface area contributed by atoms with E-state index >= 15 is 0 Å². The van der Waals surface area contributed by atoms with Crippen LogP contribution < -0.4 is 18.9 Å². The Morgan fingerprint density at radius 2 is 1.68 bits per heavy atom. The van der Waals surface area contributed by atoms with E-state index in [2.05, 4.69) is 41.8 Å². The number of methoxy groups -OCH3 is 3. The Hall–Kier alpha value is -3.17. The molecule has 1 heterocycles. The van der Waals surface area contributed by atoms with Crippen LogP contribution in [0.3, 0.4) is 0 Å². The molecule has 6 heteroatoms. The van der Waals surface area contributed by atoms with Gasteiger partial charge < -0.3 is 23.4 Å². The molecule has 0 saturated carbocycles. The molecule has 3 rings (SSSR count). The van der Waals surface area contributed by atoms with Crippen molar-refractivity contribution in [3.8, 4) is 34.1 Å². The van der Waals surface area contributed by atoms with E-state index in [9.17, 15) is 0 Å². The van der Waals surface area contributed by atoms with Gasteiger partial charge in [-0.3, -0.25) is 0 Å². The Kier molecular flexibility index (Phi) is 8.84. The van der Waals surface area contributed by atoms with Crippen LogP contribution in [0.25, 0.3) is 22.1 Å². The minimum absolute atomic E-state index is 0.469. The fourth-order valence-corrected chi connectivity index (χ4v) is 4.08. The predicted octanol–water partition coefficient (Wildman–Crippen LogP) is 7.87. The quantitative estimate of drug-likeness (QED) is 0.218. The molecule has 3 aromatic rings. The highest BCUT2D eigenvalue weighted by atomic mass is 31.0. The minimum Gasteiger partial charge on any atom is -0.496 e. The van der Waals surface area contributed by atoms with Crippen molar-refractivity contribution in [1.82, 2.24) is 0 Å². The first kappa shape index (κ1) is 25.5. The van der Waals surface area contributed by atoms with Crippen LogP contribution in [0.4, 0.5) is 0 Å². The van der Waals surface area contributed by atoms with E-state index in [0.29, 0.717) is 35.2 Å². The number of rotatable bonds is 10. The van der Waals surface area contributed by atoms with Gasteiger partial charge in [0, 0.05) is 22.6 Å². The SMILES string of the molecule is COc1cc(OC)c2c(=P)c(-c3ccc(OC)c(OC/C=C(\C)CCC=C(C)C)c3)coc2c1. The van der Waals surface area contributed by atoms with Crippen molar-refractivity contribution in [2.24, 2.45) is 0 Å². The number of hydrogen-bond donors (Lipinski definition) is 0. The summed E-state index contributed by atoms with van der Waals surface area (Å²) < 4.78 is 28.5. The van der Waals surface area contributed by atoms with Crippen LogP contribution in [0.1, 0.15) is 33.6 Å². The second-order valence-electron chi connectivity index (χ2n) is 8.27. The molecule has 0 aliphatic carbocycles. The van der Waals surface area contributed by atoms with Crippen molar-refractivity contribution in [2.75, 3.05) is 27.9 Å². The third-order valence-corrected chi connectivity index (χ3v) is 6.07. The third-order valence-electron chi connectivity index (χ3n) is 5.55. The molecule has 34 heavy (non-hydrogen) atoms. The summed E-state index contributed by atoms with van der Waals surface area (Å²) in [7, 11) is 8.70. The largest absolute Gasteiger partial charge is 0.496 e. The molecular formula is C28H33O5P. The van der Waals surface area contributed by atoms with E-state index in [1.165, 1.54) is 11.1 Å². The highest BCUT2D eigenvalue weighted by molar-refractivity contribution is 7.07. The van der Waals surface area contributed by atoms with Crippen LogP contribution in [0.15, 0.2) is 64.3 Å². The van der Waals surface area contributed by atoms with Gasteiger partial charge in [-0.05, 0) is 57.4 Å². The summed E-state index contributed by atoms with van der Waals surface area (Å²) in [6, 6.07) is 9.50. The van der Waals surface area contributed by atoms with Gasteiger partial charge in [-0.15, -0.1) is 8.86 Å². The van der Waals surface area contributed by atoms with Crippen LogP contribution >= 0.6 is 8.86 Å². The number of ether oxygens (including phenoxy) is 4. The Morgan fingerprint density at radius 1 is 0.912 bits per heavy atom. The summed E-state index contributed by atoms with van der Waals surface area (Å²) >= 11 is 0. The molecule has 0 aliphatic rings. The zero-order valence-corrected chi connectivity index (χ0v) is 21.8. The second-order valence-corrected chi connectivity index (χ2v) is 8.77. The molecule has 2 aromatic carbocycles. The first-order chi connectivity index (χ1) is 16.4. The molecule has 5 nitrogen and oxygen atoms in total. The second kappa shape index (κ2) is 11.8. The van der Waals surface area contributed by atoms with Gasteiger partial charge >= 0.3 is 0 Å². The minimum atomic E-state index is 0.469. The zero-order valence-electron chi connectivity index (χ0n) is 20.8. The van der Waals surface area contributed by atoms with Gasteiger partial charge in [0.25, 0.3) is 0 Å². The van der Waals surface area contributed by atoms with Crippen LogP contribution in [-0.4, -0.2) is 27.9 Å². The highest BCUT2D eigenvalue weighted by Gasteiger charge is 2.14. The molecule has 0 radical (unpaired) electrons. The Labute approximate surface area is 203 Å². The molecule has 1 aromatic heterocycles. The average Bonchev–Trinajstić information content (AvgIpc) is 2.83. The lowest BCUT2D eigenvalue weighted by Gasteiger charge is -2.13. The van der Waals surface area contributed by atoms with Crippen molar-refractivity contribution in [1.29, 1.82) is 0 Å². The summed E-state index contributed by atoms with van der Waals surface area (Å²) in [6.07, 6.45) is 8.14. The monoisotopic (exact) mass is 480 g/mol. The lowest BCUT2D eigenvalue weighted by molar-refractivity contribution is 0.325. The van der Waals surface area contributed by atoms with Crippen molar-refractivity contribution in [2.45, 2.75) is 33.6 Å². The molecule has 0 unspecified atom stereocenters. The van der Waals surface area contributed by atoms with Crippen molar-refractivity contribution in [3.63, 3.8) is 0 Å². The average molecular weight is 481 g/mol. The van der Waals surface area contributed by atoms with Crippen LogP contribution in [-0.2, 0) is 0 Å². The maximum absolute atomic E-state index is 6.09. The standard InChI is InChI=1S/C28H33O5P/c1-18(2)8-7-9-19(3)12-13-32-24-14-20(10-11-23(24)30-5)22-17-33-26-16-21(29-4)15-25(31-6)27(26)28(22)34/h8,10-12,14-17,34H,7,9,13H2,1-6H3/b19-12+. The molecule has 0 atom stereocenters. The van der Waals surface area contributed by atoms with Crippen LogP contribution in [0.5, 0.6) is 23.0 Å². The van der Waals surface area contributed by atoms with Gasteiger partial charge in [-0.2, -0.15) is 0 Å². The van der Waals surface area contributed by atoms with E-state index in [-0.39, 0.29) is 0 Å². The fourth-order valence-electron chi connectivity index (χ4n) is 3.63. The Morgan fingerprint density at radius 3 is 2.35 bits per heavy atom. The Bertz CT molecular complexity index is 1270. The molecule has 0 bridgehead atoms. The van der Waals surface area contributed by atoms with E-state index in [1.54, 1.807) is 27.6 Å². The first-order valence-corrected chi connectivity index (χ1v) is 11.7. The lowest BCUT2D eigenvalue weighted by atomic mass is 10.0. The summed E-state index contributed by atoms with van der Waals surface area (Å²) in [6.45, 7) is 6.84. The van der Waals surface area contributed by atoms with Gasteiger partial charge in [-0.25, -0.2) is 0 Å². The molecule has 0 amide bonds. The van der Waals surface area contributed by atoms with Crippen LogP contribution in [0.2, 0.25) is 0 Å². The predicted molar refractivity (Wildman–Crippen MR) is 141 cm³/mol. The molecule has 0 saturated heterocycles. The highest BCUT2D eigenvalue weighted by Crippen LogP contribution is 2.38. The molecule has 0 N–H and O–H groups in total. The summed E-state index contributed by atoms with van der Waals surface area (Å²) in [5.41, 5.74) is 5.09. The normalized spacial score (nSPS) is 11.3. The maximum atomic E-state index is 6.09. The topological polar surface area (TPSA) is 50.1 Å². The van der Waals surface area contributed by atoms with Crippen molar-refractivity contribution in [3.05, 3.63) is 64.8 Å². The summed E-state index contributed by atoms with van der Waals surface area (Å²) in [5, 5.41) is 0.825. The van der Waals surface area contributed by atoms with Gasteiger partial charge in [0.05, 0.1) is 33.0 Å². The smallest absolute Gasteiger partial charge is 0.162 e. The first-order valence-electron chi connectivity index (χ1n) is 11.2. The van der Waals surface area contributed by atoms with Crippen LogP contribution in [0, 0.1) is 4.94 Å². The lowest BCUT2D eigenvalue weighted by Crippen LogP contribution is -1.98. The maximum Gasteiger partial charge on any atom is 0.162 e. The fraction of sp³-hybridized carbons (Fsp3) is 0.321.